The second kappa shape index (κ2) is 8.48. The topological polar surface area (TPSA) is 149 Å². The molecule has 1 aliphatic heterocycles. The van der Waals surface area contributed by atoms with E-state index in [0.29, 0.717) is 40.1 Å². The summed E-state index contributed by atoms with van der Waals surface area (Å²) in [5.74, 6) is -1.62. The second-order valence-corrected chi connectivity index (χ2v) is 7.95. The number of likely N-dealkylation sites (tertiary alicyclic amines) is 1. The van der Waals surface area contributed by atoms with Gasteiger partial charge in [0.05, 0.1) is 16.0 Å². The third-order valence-corrected chi connectivity index (χ3v) is 5.56. The average Bonchev–Trinajstić information content (AvgIpc) is 3.10. The van der Waals surface area contributed by atoms with E-state index in [1.54, 1.807) is 47.4 Å². The molecule has 1 fully saturated rings. The van der Waals surface area contributed by atoms with Gasteiger partial charge in [0.2, 0.25) is 5.91 Å². The van der Waals surface area contributed by atoms with Gasteiger partial charge >= 0.3 is 0 Å². The Bertz CT molecular complexity index is 1200. The van der Waals surface area contributed by atoms with E-state index in [-0.39, 0.29) is 23.3 Å². The number of aromatic nitrogens is 3. The number of nitrogens with zero attached hydrogens (tertiary/aromatic N) is 4. The molecule has 12 heteroatoms. The van der Waals surface area contributed by atoms with E-state index in [4.69, 9.17) is 34.7 Å². The van der Waals surface area contributed by atoms with E-state index in [1.165, 1.54) is 0 Å². The molecular weight excluding hydrogens is 457 g/mol. The summed E-state index contributed by atoms with van der Waals surface area (Å²) in [6.45, 7) is 0.619. The molecule has 1 aliphatic rings. The van der Waals surface area contributed by atoms with Gasteiger partial charge in [-0.15, -0.1) is 15.0 Å². The van der Waals surface area contributed by atoms with Crippen molar-refractivity contribution < 1.29 is 14.4 Å². The highest BCUT2D eigenvalue weighted by Gasteiger charge is 2.34. The number of benzene rings is 2. The highest BCUT2D eigenvalue weighted by Crippen LogP contribution is 2.29. The van der Waals surface area contributed by atoms with E-state index in [9.17, 15) is 14.4 Å². The van der Waals surface area contributed by atoms with Crippen molar-refractivity contribution in [2.75, 3.05) is 18.4 Å². The lowest BCUT2D eigenvalue weighted by Crippen LogP contribution is -2.54. The summed E-state index contributed by atoms with van der Waals surface area (Å²) >= 11 is 12.4. The van der Waals surface area contributed by atoms with Crippen LogP contribution >= 0.6 is 23.2 Å². The number of amides is 3. The summed E-state index contributed by atoms with van der Waals surface area (Å²) in [5, 5.41) is 11.9. The third kappa shape index (κ3) is 4.10. The Labute approximate surface area is 192 Å². The van der Waals surface area contributed by atoms with Gasteiger partial charge in [0.1, 0.15) is 5.69 Å². The van der Waals surface area contributed by atoms with Crippen LogP contribution in [0.15, 0.2) is 42.5 Å². The van der Waals surface area contributed by atoms with Crippen molar-refractivity contribution in [3.8, 4) is 5.69 Å². The van der Waals surface area contributed by atoms with E-state index in [2.05, 4.69) is 15.5 Å². The fourth-order valence-electron chi connectivity index (χ4n) is 3.18. The molecule has 0 spiro atoms. The number of carbonyl (C=O) groups is 3. The minimum atomic E-state index is -0.796. The van der Waals surface area contributed by atoms with Crippen LogP contribution in [-0.4, -0.2) is 50.7 Å². The van der Waals surface area contributed by atoms with Gasteiger partial charge < -0.3 is 21.7 Å². The predicted octanol–water partition coefficient (Wildman–Crippen LogP) is 1.97. The van der Waals surface area contributed by atoms with Gasteiger partial charge in [-0.2, -0.15) is 0 Å². The monoisotopic (exact) mass is 473 g/mol. The zero-order valence-electron chi connectivity index (χ0n) is 16.5. The molecule has 0 radical (unpaired) electrons. The molecule has 164 valence electrons. The lowest BCUT2D eigenvalue weighted by molar-refractivity contribution is -0.125. The number of carbonyl (C=O) groups excluding carboxylic acids is 3. The van der Waals surface area contributed by atoms with Crippen LogP contribution in [0, 0.1) is 5.92 Å². The lowest BCUT2D eigenvalue weighted by atomic mass is 9.98. The zero-order valence-corrected chi connectivity index (χ0v) is 18.0. The van der Waals surface area contributed by atoms with Gasteiger partial charge in [-0.1, -0.05) is 29.3 Å². The number of nitrogens with two attached hydrogens (primary N) is 2. The van der Waals surface area contributed by atoms with Gasteiger partial charge in [-0.25, -0.2) is 0 Å². The normalized spacial score (nSPS) is 13.5. The SMILES string of the molecule is NC(=O)c1nn(-c2c(Cl)cccc2Cl)nc1Nc1ccc(C(=O)N2CC(C(N)=O)C2)cc1. The third-order valence-electron chi connectivity index (χ3n) is 4.95. The Balaban J connectivity index is 1.54. The van der Waals surface area contributed by atoms with Crippen LogP contribution in [0.4, 0.5) is 11.5 Å². The van der Waals surface area contributed by atoms with Crippen LogP contribution in [0.2, 0.25) is 10.0 Å². The quantitative estimate of drug-likeness (QED) is 0.497. The number of hydrogen-bond acceptors (Lipinski definition) is 6. The van der Waals surface area contributed by atoms with Crippen LogP contribution < -0.4 is 16.8 Å². The Hall–Kier alpha value is -3.63. The molecule has 0 unspecified atom stereocenters. The lowest BCUT2D eigenvalue weighted by Gasteiger charge is -2.37. The summed E-state index contributed by atoms with van der Waals surface area (Å²) < 4.78 is 0. The Morgan fingerprint density at radius 2 is 1.59 bits per heavy atom. The van der Waals surface area contributed by atoms with Crippen LogP contribution in [0.25, 0.3) is 5.69 Å². The number of anilines is 2. The molecule has 1 saturated heterocycles. The highest BCUT2D eigenvalue weighted by molar-refractivity contribution is 6.37. The van der Waals surface area contributed by atoms with Gasteiger partial charge in [-0.05, 0) is 36.4 Å². The number of hydrogen-bond donors (Lipinski definition) is 3. The highest BCUT2D eigenvalue weighted by atomic mass is 35.5. The Kier molecular flexibility index (Phi) is 5.72. The molecule has 0 atom stereocenters. The first-order chi connectivity index (χ1) is 15.2. The van der Waals surface area contributed by atoms with Crippen molar-refractivity contribution in [1.29, 1.82) is 0 Å². The van der Waals surface area contributed by atoms with Crippen molar-refractivity contribution in [2.45, 2.75) is 0 Å². The summed E-state index contributed by atoms with van der Waals surface area (Å²) in [4.78, 5) is 38.1. The van der Waals surface area contributed by atoms with Crippen molar-refractivity contribution in [2.24, 2.45) is 17.4 Å². The van der Waals surface area contributed by atoms with E-state index in [0.717, 1.165) is 4.80 Å². The maximum absolute atomic E-state index is 12.5. The molecule has 4 rings (SSSR count). The van der Waals surface area contributed by atoms with Gasteiger partial charge in [-0.3, -0.25) is 14.4 Å². The molecule has 5 N–H and O–H groups in total. The summed E-state index contributed by atoms with van der Waals surface area (Å²) in [6, 6.07) is 11.4. The zero-order chi connectivity index (χ0) is 23.0. The first-order valence-electron chi connectivity index (χ1n) is 9.42. The maximum Gasteiger partial charge on any atom is 0.273 e. The average molecular weight is 474 g/mol. The summed E-state index contributed by atoms with van der Waals surface area (Å²) in [5.41, 5.74) is 11.9. The molecular formula is C20H17Cl2N7O3. The molecule has 10 nitrogen and oxygen atoms in total. The van der Waals surface area contributed by atoms with Crippen LogP contribution in [0.3, 0.4) is 0 Å². The fourth-order valence-corrected chi connectivity index (χ4v) is 3.73. The van der Waals surface area contributed by atoms with Gasteiger partial charge in [0.25, 0.3) is 11.8 Å². The Morgan fingerprint density at radius 3 is 2.16 bits per heavy atom. The van der Waals surface area contributed by atoms with E-state index in [1.807, 2.05) is 0 Å². The standard InChI is InChI=1S/C20H17Cl2N7O3/c21-13-2-1-3-14(22)16(13)29-26-15(18(24)31)19(27-29)25-12-6-4-10(5-7-12)20(32)28-8-11(9-28)17(23)30/h1-7,11H,8-9H2,(H2,23,30)(H2,24,31)(H,25,27). The largest absolute Gasteiger partial charge is 0.369 e. The van der Waals surface area contributed by atoms with Gasteiger partial charge in [0.15, 0.2) is 11.5 Å². The summed E-state index contributed by atoms with van der Waals surface area (Å²) in [7, 11) is 0. The van der Waals surface area contributed by atoms with Crippen molar-refractivity contribution in [1.82, 2.24) is 19.9 Å². The molecule has 2 aromatic carbocycles. The molecule has 0 bridgehead atoms. The minimum Gasteiger partial charge on any atom is -0.369 e. The first-order valence-corrected chi connectivity index (χ1v) is 10.2. The van der Waals surface area contributed by atoms with Gasteiger partial charge in [0, 0.05) is 24.3 Å². The van der Waals surface area contributed by atoms with E-state index < -0.39 is 11.8 Å². The molecule has 32 heavy (non-hydrogen) atoms. The molecule has 1 aromatic heterocycles. The smallest absolute Gasteiger partial charge is 0.273 e. The Morgan fingerprint density at radius 1 is 0.969 bits per heavy atom. The minimum absolute atomic E-state index is 0.0969. The molecule has 2 heterocycles. The number of nitrogens with one attached hydrogen (secondary N) is 1. The number of halogens is 2. The second-order valence-electron chi connectivity index (χ2n) is 7.13. The predicted molar refractivity (Wildman–Crippen MR) is 118 cm³/mol. The van der Waals surface area contributed by atoms with Crippen molar-refractivity contribution in [3.63, 3.8) is 0 Å². The maximum atomic E-state index is 12.5. The van der Waals surface area contributed by atoms with Crippen LogP contribution in [0.5, 0.6) is 0 Å². The van der Waals surface area contributed by atoms with Crippen molar-refractivity contribution in [3.05, 3.63) is 63.8 Å². The van der Waals surface area contributed by atoms with Crippen LogP contribution in [-0.2, 0) is 4.79 Å². The van der Waals surface area contributed by atoms with E-state index >= 15 is 0 Å². The number of rotatable bonds is 6. The first kappa shape index (κ1) is 21.6. The molecule has 3 amide bonds. The van der Waals surface area contributed by atoms with Crippen molar-refractivity contribution >= 4 is 52.4 Å². The number of para-hydroxylation sites is 1. The molecule has 0 aliphatic carbocycles. The molecule has 3 aromatic rings. The summed E-state index contributed by atoms with van der Waals surface area (Å²) in [6.07, 6.45) is 0. The fraction of sp³-hybridized carbons (Fsp3) is 0.150. The van der Waals surface area contributed by atoms with Crippen LogP contribution in [0.1, 0.15) is 20.8 Å². The number of primary amides is 2. The molecule has 0 saturated carbocycles.